The summed E-state index contributed by atoms with van der Waals surface area (Å²) in [5.74, 6) is 2.16. The van der Waals surface area contributed by atoms with E-state index in [2.05, 4.69) is 6.92 Å². The van der Waals surface area contributed by atoms with Crippen LogP contribution in [-0.4, -0.2) is 12.6 Å². The van der Waals surface area contributed by atoms with E-state index in [1.807, 2.05) is 0 Å². The van der Waals surface area contributed by atoms with Crippen molar-refractivity contribution in [2.45, 2.75) is 32.6 Å². The van der Waals surface area contributed by atoms with Crippen LogP contribution in [0.4, 0.5) is 0 Å². The summed E-state index contributed by atoms with van der Waals surface area (Å²) >= 11 is 0. The van der Waals surface area contributed by atoms with Crippen molar-refractivity contribution in [2.75, 3.05) is 6.61 Å². The van der Waals surface area contributed by atoms with Crippen LogP contribution in [0.25, 0.3) is 0 Å². The molecule has 3 unspecified atom stereocenters. The molecule has 2 aliphatic rings. The molecule has 0 aromatic carbocycles. The largest absolute Gasteiger partial charge is 0.466 e. The summed E-state index contributed by atoms with van der Waals surface area (Å²) in [5.41, 5.74) is 0. The number of fused-ring (bicyclic) bond motifs is 1. The van der Waals surface area contributed by atoms with E-state index >= 15 is 0 Å². The fourth-order valence-corrected chi connectivity index (χ4v) is 2.67. The molecule has 0 aromatic heterocycles. The van der Waals surface area contributed by atoms with Crippen molar-refractivity contribution in [2.24, 2.45) is 17.8 Å². The van der Waals surface area contributed by atoms with Crippen molar-refractivity contribution in [3.8, 4) is 0 Å². The fraction of sp³-hybridized carbons (Fsp3) is 0.900. The van der Waals surface area contributed by atoms with Crippen molar-refractivity contribution >= 4 is 5.97 Å². The highest BCUT2D eigenvalue weighted by Gasteiger charge is 2.36. The van der Waals surface area contributed by atoms with Gasteiger partial charge in [0.1, 0.15) is 0 Å². The van der Waals surface area contributed by atoms with E-state index in [4.69, 9.17) is 4.74 Å². The maximum Gasteiger partial charge on any atom is 0.306 e. The highest BCUT2D eigenvalue weighted by atomic mass is 16.5. The number of carbonyl (C=O) groups excluding carboxylic acids is 1. The van der Waals surface area contributed by atoms with Gasteiger partial charge >= 0.3 is 5.97 Å². The lowest BCUT2D eigenvalue weighted by Gasteiger charge is -2.17. The van der Waals surface area contributed by atoms with Gasteiger partial charge in [0.15, 0.2) is 0 Å². The van der Waals surface area contributed by atoms with Crippen LogP contribution in [0.5, 0.6) is 0 Å². The summed E-state index contributed by atoms with van der Waals surface area (Å²) in [6.07, 6.45) is 4.39. The maximum absolute atomic E-state index is 11.1. The molecule has 1 aliphatic heterocycles. The molecule has 12 heavy (non-hydrogen) atoms. The standard InChI is InChI=1S/C10H16O2/c1-7-2-3-8-4-5-12-10(11)6-9(7)8/h7-9H,2-6H2,1H3. The van der Waals surface area contributed by atoms with E-state index in [1.54, 1.807) is 0 Å². The lowest BCUT2D eigenvalue weighted by atomic mass is 9.86. The van der Waals surface area contributed by atoms with Crippen LogP contribution in [0.3, 0.4) is 0 Å². The monoisotopic (exact) mass is 168 g/mol. The van der Waals surface area contributed by atoms with Crippen LogP contribution >= 0.6 is 0 Å². The topological polar surface area (TPSA) is 26.3 Å². The van der Waals surface area contributed by atoms with Crippen molar-refractivity contribution in [1.82, 2.24) is 0 Å². The summed E-state index contributed by atoms with van der Waals surface area (Å²) in [7, 11) is 0. The number of carbonyl (C=O) groups is 1. The average molecular weight is 168 g/mol. The first-order valence-electron chi connectivity index (χ1n) is 4.93. The summed E-state index contributed by atoms with van der Waals surface area (Å²) in [5, 5.41) is 0. The minimum absolute atomic E-state index is 0.0243. The van der Waals surface area contributed by atoms with Gasteiger partial charge in [0.25, 0.3) is 0 Å². The Kier molecular flexibility index (Phi) is 2.07. The van der Waals surface area contributed by atoms with Crippen LogP contribution in [0.15, 0.2) is 0 Å². The Hall–Kier alpha value is -0.530. The van der Waals surface area contributed by atoms with Crippen molar-refractivity contribution in [3.63, 3.8) is 0 Å². The molecular weight excluding hydrogens is 152 g/mol. The molecule has 2 rings (SSSR count). The molecular formula is C10H16O2. The van der Waals surface area contributed by atoms with Gasteiger partial charge < -0.3 is 4.74 Å². The Morgan fingerprint density at radius 2 is 2.17 bits per heavy atom. The third kappa shape index (κ3) is 1.35. The van der Waals surface area contributed by atoms with Gasteiger partial charge in [-0.15, -0.1) is 0 Å². The van der Waals surface area contributed by atoms with E-state index in [0.29, 0.717) is 18.9 Å². The molecule has 2 nitrogen and oxygen atoms in total. The number of hydrogen-bond acceptors (Lipinski definition) is 2. The molecule has 0 radical (unpaired) electrons. The van der Waals surface area contributed by atoms with Gasteiger partial charge in [-0.05, 0) is 30.6 Å². The van der Waals surface area contributed by atoms with Crippen molar-refractivity contribution in [1.29, 1.82) is 0 Å². The minimum atomic E-state index is 0.0243. The molecule has 2 heteroatoms. The Balaban J connectivity index is 2.08. The summed E-state index contributed by atoms with van der Waals surface area (Å²) < 4.78 is 5.05. The Morgan fingerprint density at radius 1 is 1.33 bits per heavy atom. The zero-order chi connectivity index (χ0) is 8.55. The van der Waals surface area contributed by atoms with Gasteiger partial charge in [0, 0.05) is 6.42 Å². The molecule has 0 spiro atoms. The van der Waals surface area contributed by atoms with E-state index < -0.39 is 0 Å². The lowest BCUT2D eigenvalue weighted by Crippen LogP contribution is -2.14. The van der Waals surface area contributed by atoms with E-state index in [1.165, 1.54) is 12.8 Å². The van der Waals surface area contributed by atoms with Crippen LogP contribution in [-0.2, 0) is 9.53 Å². The molecule has 0 aromatic rings. The van der Waals surface area contributed by atoms with E-state index in [9.17, 15) is 4.79 Å². The summed E-state index contributed by atoms with van der Waals surface area (Å²) in [6.45, 7) is 2.93. The smallest absolute Gasteiger partial charge is 0.306 e. The van der Waals surface area contributed by atoms with Crippen LogP contribution in [0.2, 0.25) is 0 Å². The fourth-order valence-electron chi connectivity index (χ4n) is 2.67. The van der Waals surface area contributed by atoms with Gasteiger partial charge in [-0.3, -0.25) is 4.79 Å². The molecule has 1 saturated carbocycles. The molecule has 1 aliphatic carbocycles. The van der Waals surface area contributed by atoms with Gasteiger partial charge in [-0.25, -0.2) is 0 Å². The predicted molar refractivity (Wildman–Crippen MR) is 45.6 cm³/mol. The quantitative estimate of drug-likeness (QED) is 0.517. The highest BCUT2D eigenvalue weighted by Crippen LogP contribution is 2.42. The average Bonchev–Trinajstić information content (AvgIpc) is 2.31. The van der Waals surface area contributed by atoms with Gasteiger partial charge in [0.2, 0.25) is 0 Å². The summed E-state index contributed by atoms with van der Waals surface area (Å²) in [6, 6.07) is 0. The molecule has 1 heterocycles. The number of cyclic esters (lactones) is 1. The highest BCUT2D eigenvalue weighted by molar-refractivity contribution is 5.70. The zero-order valence-electron chi connectivity index (χ0n) is 7.58. The summed E-state index contributed by atoms with van der Waals surface area (Å²) in [4.78, 5) is 11.1. The minimum Gasteiger partial charge on any atom is -0.466 e. The Bertz CT molecular complexity index is 188. The number of ether oxygens (including phenoxy) is 1. The number of esters is 1. The molecule has 0 bridgehead atoms. The second-order valence-electron chi connectivity index (χ2n) is 4.19. The molecule has 1 saturated heterocycles. The van der Waals surface area contributed by atoms with Crippen LogP contribution in [0.1, 0.15) is 32.6 Å². The molecule has 3 atom stereocenters. The molecule has 0 N–H and O–H groups in total. The normalized spacial score (nSPS) is 41.8. The van der Waals surface area contributed by atoms with Crippen molar-refractivity contribution in [3.05, 3.63) is 0 Å². The number of rotatable bonds is 0. The number of hydrogen-bond donors (Lipinski definition) is 0. The second kappa shape index (κ2) is 3.08. The Morgan fingerprint density at radius 3 is 3.00 bits per heavy atom. The van der Waals surface area contributed by atoms with Crippen LogP contribution in [0, 0.1) is 17.8 Å². The van der Waals surface area contributed by atoms with Gasteiger partial charge in [0.05, 0.1) is 6.61 Å². The Labute approximate surface area is 73.3 Å². The SMILES string of the molecule is CC1CCC2CCOC(=O)CC12. The van der Waals surface area contributed by atoms with Gasteiger partial charge in [-0.1, -0.05) is 13.3 Å². The first-order chi connectivity index (χ1) is 5.77. The molecule has 68 valence electrons. The first-order valence-corrected chi connectivity index (χ1v) is 4.93. The van der Waals surface area contributed by atoms with Crippen LogP contribution < -0.4 is 0 Å². The zero-order valence-corrected chi connectivity index (χ0v) is 7.58. The maximum atomic E-state index is 11.1. The molecule has 2 fully saturated rings. The third-order valence-electron chi connectivity index (χ3n) is 3.48. The van der Waals surface area contributed by atoms with Gasteiger partial charge in [-0.2, -0.15) is 0 Å². The van der Waals surface area contributed by atoms with E-state index in [-0.39, 0.29) is 5.97 Å². The first kappa shape index (κ1) is 8.09. The predicted octanol–water partition coefficient (Wildman–Crippen LogP) is 1.99. The molecule has 0 amide bonds. The van der Waals surface area contributed by atoms with E-state index in [0.717, 1.165) is 18.3 Å². The second-order valence-corrected chi connectivity index (χ2v) is 4.19. The van der Waals surface area contributed by atoms with Crippen molar-refractivity contribution < 1.29 is 9.53 Å². The third-order valence-corrected chi connectivity index (χ3v) is 3.48. The lowest BCUT2D eigenvalue weighted by molar-refractivity contribution is -0.143.